The number of halogens is 4. The van der Waals surface area contributed by atoms with Crippen LogP contribution in [0.5, 0.6) is 0 Å². The summed E-state index contributed by atoms with van der Waals surface area (Å²) in [6, 6.07) is 11.5. The Morgan fingerprint density at radius 3 is 2.27 bits per heavy atom. The summed E-state index contributed by atoms with van der Waals surface area (Å²) < 4.78 is 43.7. The van der Waals surface area contributed by atoms with Gasteiger partial charge >= 0.3 is 6.03 Å². The molecular weight excluding hydrogens is 451 g/mol. The number of carbonyl (C=O) groups excluding carboxylic acids is 1. The Bertz CT molecular complexity index is 1090. The van der Waals surface area contributed by atoms with Crippen molar-refractivity contribution in [2.75, 3.05) is 5.32 Å². The van der Waals surface area contributed by atoms with Crippen LogP contribution >= 0.6 is 11.6 Å². The molecule has 0 saturated heterocycles. The van der Waals surface area contributed by atoms with Crippen molar-refractivity contribution in [2.24, 2.45) is 0 Å². The Morgan fingerprint density at radius 1 is 1.00 bits per heavy atom. The van der Waals surface area contributed by atoms with E-state index in [1.54, 1.807) is 17.0 Å². The topological polar surface area (TPSA) is 37.3 Å². The number of hydrogen-bond donors (Lipinski definition) is 1. The lowest BCUT2D eigenvalue weighted by atomic mass is 10.1. The number of nitrogens with zero attached hydrogens (tertiary/aromatic N) is 2. The molecule has 0 atom stereocenters. The van der Waals surface area contributed by atoms with E-state index in [0.29, 0.717) is 17.2 Å². The van der Waals surface area contributed by atoms with Gasteiger partial charge in [-0.15, -0.1) is 0 Å². The number of urea groups is 1. The maximum atomic E-state index is 14.2. The maximum absolute atomic E-state index is 14.2. The van der Waals surface area contributed by atoms with Crippen molar-refractivity contribution in [3.05, 3.63) is 82.9 Å². The number of rotatable bonds is 5. The summed E-state index contributed by atoms with van der Waals surface area (Å²) in [6.45, 7) is 0.247. The fraction of sp³-hybridized carbons (Fsp3) is 0.320. The Kier molecular flexibility index (Phi) is 7.28. The zero-order chi connectivity index (χ0) is 23.4. The number of hydrogen-bond acceptors (Lipinski definition) is 1. The first-order valence-corrected chi connectivity index (χ1v) is 11.4. The number of amides is 2. The zero-order valence-corrected chi connectivity index (χ0v) is 18.8. The molecule has 8 heteroatoms. The lowest BCUT2D eigenvalue weighted by molar-refractivity contribution is 0.174. The number of nitrogens with one attached hydrogen (secondary N) is 1. The molecule has 1 saturated carbocycles. The molecule has 174 valence electrons. The second-order valence-corrected chi connectivity index (χ2v) is 8.73. The highest BCUT2D eigenvalue weighted by Crippen LogP contribution is 2.27. The van der Waals surface area contributed by atoms with Gasteiger partial charge in [0.1, 0.15) is 11.5 Å². The Morgan fingerprint density at radius 2 is 1.64 bits per heavy atom. The second-order valence-electron chi connectivity index (χ2n) is 8.29. The smallest absolute Gasteiger partial charge is 0.319 e. The highest BCUT2D eigenvalue weighted by molar-refractivity contribution is 6.30. The summed E-state index contributed by atoms with van der Waals surface area (Å²) in [5.74, 6) is -3.33. The summed E-state index contributed by atoms with van der Waals surface area (Å²) >= 11 is 6.01. The first-order chi connectivity index (χ1) is 15.9. The lowest BCUT2D eigenvalue weighted by Crippen LogP contribution is -2.43. The molecule has 0 aliphatic heterocycles. The van der Waals surface area contributed by atoms with Gasteiger partial charge in [-0.3, -0.25) is 0 Å². The van der Waals surface area contributed by atoms with Crippen molar-refractivity contribution < 1.29 is 18.0 Å². The minimum Gasteiger partial charge on any atom is -0.319 e. The van der Waals surface area contributed by atoms with E-state index in [1.165, 1.54) is 0 Å². The van der Waals surface area contributed by atoms with E-state index < -0.39 is 29.2 Å². The van der Waals surface area contributed by atoms with Gasteiger partial charge in [-0.1, -0.05) is 37.3 Å². The predicted octanol–water partition coefficient (Wildman–Crippen LogP) is 7.30. The fourth-order valence-corrected chi connectivity index (χ4v) is 4.48. The monoisotopic (exact) mass is 475 g/mol. The minimum atomic E-state index is -1.15. The highest BCUT2D eigenvalue weighted by atomic mass is 35.5. The van der Waals surface area contributed by atoms with Crippen LogP contribution in [0.1, 0.15) is 44.2 Å². The Hall–Kier alpha value is -2.93. The van der Waals surface area contributed by atoms with Gasteiger partial charge in [-0.05, 0) is 49.2 Å². The molecule has 0 bridgehead atoms. The SMILES string of the molecule is O=C(Nc1c(F)cc(F)cc1F)N(Cc1cccn1-c1ccc(Cl)cc1)C1CCCCCC1. The van der Waals surface area contributed by atoms with E-state index in [2.05, 4.69) is 5.32 Å². The molecule has 1 aliphatic carbocycles. The first kappa shape index (κ1) is 23.2. The van der Waals surface area contributed by atoms with Crippen LogP contribution in [0.25, 0.3) is 5.69 Å². The average molecular weight is 476 g/mol. The molecule has 2 amide bonds. The van der Waals surface area contributed by atoms with E-state index in [0.717, 1.165) is 49.9 Å². The lowest BCUT2D eigenvalue weighted by Gasteiger charge is -2.32. The van der Waals surface area contributed by atoms with Crippen molar-refractivity contribution >= 4 is 23.3 Å². The first-order valence-electron chi connectivity index (χ1n) is 11.1. The van der Waals surface area contributed by atoms with Gasteiger partial charge in [0.2, 0.25) is 0 Å². The average Bonchev–Trinajstić information content (AvgIpc) is 3.07. The van der Waals surface area contributed by atoms with Crippen LogP contribution in [0.15, 0.2) is 54.7 Å². The molecule has 1 N–H and O–H groups in total. The molecule has 1 aliphatic rings. The van der Waals surface area contributed by atoms with Crippen LogP contribution in [0.4, 0.5) is 23.7 Å². The minimum absolute atomic E-state index is 0.0763. The van der Waals surface area contributed by atoms with Gasteiger partial charge in [0.15, 0.2) is 11.6 Å². The number of anilines is 1. The van der Waals surface area contributed by atoms with Crippen molar-refractivity contribution in [3.8, 4) is 5.69 Å². The molecule has 0 unspecified atom stereocenters. The summed E-state index contributed by atoms with van der Waals surface area (Å²) in [5, 5.41) is 2.97. The van der Waals surface area contributed by atoms with Crippen LogP contribution < -0.4 is 5.32 Å². The van der Waals surface area contributed by atoms with Gasteiger partial charge in [0.05, 0.1) is 6.54 Å². The van der Waals surface area contributed by atoms with Gasteiger partial charge in [-0.2, -0.15) is 0 Å². The Balaban J connectivity index is 1.63. The van der Waals surface area contributed by atoms with Gasteiger partial charge < -0.3 is 14.8 Å². The largest absolute Gasteiger partial charge is 0.322 e. The third-order valence-corrected chi connectivity index (χ3v) is 6.29. The fourth-order valence-electron chi connectivity index (χ4n) is 4.35. The van der Waals surface area contributed by atoms with E-state index in [4.69, 9.17) is 11.6 Å². The van der Waals surface area contributed by atoms with Crippen molar-refractivity contribution in [2.45, 2.75) is 51.1 Å². The third-order valence-electron chi connectivity index (χ3n) is 6.04. The summed E-state index contributed by atoms with van der Waals surface area (Å²) in [5.41, 5.74) is 1.08. The number of aromatic nitrogens is 1. The maximum Gasteiger partial charge on any atom is 0.322 e. The quantitative estimate of drug-likeness (QED) is 0.386. The second kappa shape index (κ2) is 10.3. The molecule has 0 spiro atoms. The zero-order valence-electron chi connectivity index (χ0n) is 18.0. The van der Waals surface area contributed by atoms with E-state index >= 15 is 0 Å². The number of benzene rings is 2. The predicted molar refractivity (Wildman–Crippen MR) is 123 cm³/mol. The van der Waals surface area contributed by atoms with Crippen molar-refractivity contribution in [1.82, 2.24) is 9.47 Å². The normalized spacial score (nSPS) is 14.7. The molecule has 4 rings (SSSR count). The summed E-state index contributed by atoms with van der Waals surface area (Å²) in [7, 11) is 0. The molecule has 1 heterocycles. The summed E-state index contributed by atoms with van der Waals surface area (Å²) in [4.78, 5) is 14.9. The van der Waals surface area contributed by atoms with Crippen LogP contribution in [0.3, 0.4) is 0 Å². The van der Waals surface area contributed by atoms with E-state index in [9.17, 15) is 18.0 Å². The Labute approximate surface area is 196 Å². The van der Waals surface area contributed by atoms with Gasteiger partial charge in [0, 0.05) is 40.8 Å². The van der Waals surface area contributed by atoms with Gasteiger partial charge in [0.25, 0.3) is 0 Å². The molecule has 0 radical (unpaired) electrons. The number of carbonyl (C=O) groups is 1. The molecular formula is C25H25ClF3N3O. The molecule has 4 nitrogen and oxygen atoms in total. The summed E-state index contributed by atoms with van der Waals surface area (Å²) in [6.07, 6.45) is 7.65. The molecule has 3 aromatic rings. The standard InChI is InChI=1S/C25H25ClF3N3O/c26-17-9-11-20(12-10-17)31-13-5-8-21(31)16-32(19-6-3-1-2-4-7-19)25(33)30-24-22(28)14-18(27)15-23(24)29/h5,8-15,19H,1-4,6-7,16H2,(H,30,33). The molecule has 2 aromatic carbocycles. The van der Waals surface area contributed by atoms with Crippen LogP contribution in [-0.2, 0) is 6.54 Å². The molecule has 1 aromatic heterocycles. The van der Waals surface area contributed by atoms with Crippen molar-refractivity contribution in [1.29, 1.82) is 0 Å². The van der Waals surface area contributed by atoms with E-state index in [-0.39, 0.29) is 12.6 Å². The van der Waals surface area contributed by atoms with E-state index in [1.807, 2.05) is 35.0 Å². The third kappa shape index (κ3) is 5.53. The van der Waals surface area contributed by atoms with Crippen LogP contribution in [0.2, 0.25) is 5.02 Å². The molecule has 33 heavy (non-hydrogen) atoms. The van der Waals surface area contributed by atoms with Gasteiger partial charge in [-0.25, -0.2) is 18.0 Å². The van der Waals surface area contributed by atoms with Crippen LogP contribution in [-0.4, -0.2) is 21.5 Å². The highest BCUT2D eigenvalue weighted by Gasteiger charge is 2.27. The molecule has 1 fully saturated rings. The van der Waals surface area contributed by atoms with Crippen LogP contribution in [0, 0.1) is 17.5 Å². The van der Waals surface area contributed by atoms with Crippen molar-refractivity contribution in [3.63, 3.8) is 0 Å².